The fourth-order valence-corrected chi connectivity index (χ4v) is 1.67. The molecule has 0 saturated heterocycles. The van der Waals surface area contributed by atoms with Crippen LogP contribution in [0.25, 0.3) is 0 Å². The van der Waals surface area contributed by atoms with Gasteiger partial charge in [-0.25, -0.2) is 4.98 Å². The Morgan fingerprint density at radius 3 is 2.80 bits per heavy atom. The van der Waals surface area contributed by atoms with E-state index in [9.17, 15) is 0 Å². The Hall–Kier alpha value is -0.760. The molecule has 2 nitrogen and oxygen atoms in total. The lowest BCUT2D eigenvalue weighted by molar-refractivity contribution is 0.724. The van der Waals surface area contributed by atoms with Crippen LogP contribution in [-0.2, 0) is 5.88 Å². The number of anilines is 1. The van der Waals surface area contributed by atoms with Crippen LogP contribution in [0.1, 0.15) is 32.3 Å². The third kappa shape index (κ3) is 3.71. The summed E-state index contributed by atoms with van der Waals surface area (Å²) in [5.41, 5.74) is 1.14. The van der Waals surface area contributed by atoms with Gasteiger partial charge >= 0.3 is 0 Å². The molecule has 0 aliphatic carbocycles. The fourth-order valence-electron chi connectivity index (χ4n) is 1.50. The van der Waals surface area contributed by atoms with Crippen LogP contribution in [-0.4, -0.2) is 18.1 Å². The summed E-state index contributed by atoms with van der Waals surface area (Å²) in [4.78, 5) is 6.67. The van der Waals surface area contributed by atoms with E-state index in [4.69, 9.17) is 11.6 Å². The number of unbranched alkanes of at least 4 members (excludes halogenated alkanes) is 1. The summed E-state index contributed by atoms with van der Waals surface area (Å²) in [7, 11) is 0. The average molecular weight is 227 g/mol. The lowest BCUT2D eigenvalue weighted by atomic mass is 10.2. The molecule has 15 heavy (non-hydrogen) atoms. The zero-order chi connectivity index (χ0) is 11.1. The van der Waals surface area contributed by atoms with Crippen LogP contribution < -0.4 is 4.90 Å². The number of halogens is 1. The van der Waals surface area contributed by atoms with Crippen molar-refractivity contribution in [2.24, 2.45) is 0 Å². The van der Waals surface area contributed by atoms with Gasteiger partial charge in [-0.3, -0.25) is 0 Å². The first-order valence-corrected chi connectivity index (χ1v) is 6.11. The highest BCUT2D eigenvalue weighted by molar-refractivity contribution is 6.17. The fraction of sp³-hybridized carbons (Fsp3) is 0.583. The van der Waals surface area contributed by atoms with E-state index in [1.807, 2.05) is 12.3 Å². The van der Waals surface area contributed by atoms with Crippen LogP contribution in [0.2, 0.25) is 0 Å². The van der Waals surface area contributed by atoms with Crippen molar-refractivity contribution in [3.8, 4) is 0 Å². The molecule has 0 unspecified atom stereocenters. The number of rotatable bonds is 6. The molecule has 0 aliphatic heterocycles. The van der Waals surface area contributed by atoms with Crippen LogP contribution in [0.15, 0.2) is 18.3 Å². The monoisotopic (exact) mass is 226 g/mol. The molecule has 0 aromatic carbocycles. The molecular weight excluding hydrogens is 208 g/mol. The number of aromatic nitrogens is 1. The minimum Gasteiger partial charge on any atom is -0.357 e. The smallest absolute Gasteiger partial charge is 0.128 e. The summed E-state index contributed by atoms with van der Waals surface area (Å²) in [6, 6.07) is 4.04. The van der Waals surface area contributed by atoms with Crippen LogP contribution in [0.4, 0.5) is 5.82 Å². The van der Waals surface area contributed by atoms with Crippen LogP contribution >= 0.6 is 11.6 Å². The number of pyridine rings is 1. The Morgan fingerprint density at radius 1 is 1.40 bits per heavy atom. The standard InChI is InChI=1S/C12H19ClN2/c1-3-5-8-15(4-2)12-9-11(10-13)6-7-14-12/h6-7,9H,3-5,8,10H2,1-2H3. The van der Waals surface area contributed by atoms with Crippen molar-refractivity contribution in [2.45, 2.75) is 32.6 Å². The quantitative estimate of drug-likeness (QED) is 0.691. The minimum atomic E-state index is 0.556. The van der Waals surface area contributed by atoms with Crippen molar-refractivity contribution in [3.63, 3.8) is 0 Å². The van der Waals surface area contributed by atoms with Gasteiger partial charge in [0.1, 0.15) is 5.82 Å². The highest BCUT2D eigenvalue weighted by Crippen LogP contribution is 2.14. The molecule has 0 amide bonds. The molecule has 1 aromatic heterocycles. The van der Waals surface area contributed by atoms with Crippen molar-refractivity contribution in [1.82, 2.24) is 4.98 Å². The predicted molar refractivity (Wildman–Crippen MR) is 66.6 cm³/mol. The Kier molecular flexibility index (Phi) is 5.48. The first-order chi connectivity index (χ1) is 7.31. The van der Waals surface area contributed by atoms with Crippen LogP contribution in [0.5, 0.6) is 0 Å². The van der Waals surface area contributed by atoms with E-state index in [1.54, 1.807) is 0 Å². The van der Waals surface area contributed by atoms with E-state index in [-0.39, 0.29) is 0 Å². The van der Waals surface area contributed by atoms with Gasteiger partial charge in [0.2, 0.25) is 0 Å². The second-order valence-corrected chi connectivity index (χ2v) is 3.86. The molecule has 0 N–H and O–H groups in total. The third-order valence-corrected chi connectivity index (χ3v) is 2.76. The number of hydrogen-bond acceptors (Lipinski definition) is 2. The molecule has 84 valence electrons. The van der Waals surface area contributed by atoms with Crippen LogP contribution in [0, 0.1) is 0 Å². The second kappa shape index (κ2) is 6.67. The maximum atomic E-state index is 5.80. The lowest BCUT2D eigenvalue weighted by Gasteiger charge is -2.21. The molecule has 0 aliphatic rings. The number of nitrogens with zero attached hydrogens (tertiary/aromatic N) is 2. The van der Waals surface area contributed by atoms with Crippen LogP contribution in [0.3, 0.4) is 0 Å². The van der Waals surface area contributed by atoms with E-state index in [1.165, 1.54) is 12.8 Å². The average Bonchev–Trinajstić information content (AvgIpc) is 2.30. The summed E-state index contributed by atoms with van der Waals surface area (Å²) in [6.07, 6.45) is 4.26. The largest absolute Gasteiger partial charge is 0.357 e. The molecule has 0 fully saturated rings. The molecule has 0 atom stereocenters. The Bertz CT molecular complexity index is 289. The van der Waals surface area contributed by atoms with Crippen molar-refractivity contribution < 1.29 is 0 Å². The molecular formula is C12H19ClN2. The topological polar surface area (TPSA) is 16.1 Å². The van der Waals surface area contributed by atoms with E-state index in [2.05, 4.69) is 29.8 Å². The second-order valence-electron chi connectivity index (χ2n) is 3.59. The summed E-state index contributed by atoms with van der Waals surface area (Å²) in [5.74, 6) is 1.60. The van der Waals surface area contributed by atoms with Crippen molar-refractivity contribution >= 4 is 17.4 Å². The van der Waals surface area contributed by atoms with E-state index in [0.29, 0.717) is 5.88 Å². The first kappa shape index (κ1) is 12.3. The number of alkyl halides is 1. The molecule has 0 radical (unpaired) electrons. The highest BCUT2D eigenvalue weighted by atomic mass is 35.5. The number of hydrogen-bond donors (Lipinski definition) is 0. The molecule has 0 saturated carbocycles. The van der Waals surface area contributed by atoms with Crippen molar-refractivity contribution in [1.29, 1.82) is 0 Å². The van der Waals surface area contributed by atoms with Gasteiger partial charge in [0.25, 0.3) is 0 Å². The normalized spacial score (nSPS) is 10.3. The summed E-state index contributed by atoms with van der Waals surface area (Å²) < 4.78 is 0. The van der Waals surface area contributed by atoms with E-state index >= 15 is 0 Å². The van der Waals surface area contributed by atoms with Crippen molar-refractivity contribution in [2.75, 3.05) is 18.0 Å². The highest BCUT2D eigenvalue weighted by Gasteiger charge is 2.05. The zero-order valence-corrected chi connectivity index (χ0v) is 10.3. The van der Waals surface area contributed by atoms with Gasteiger partial charge < -0.3 is 4.90 Å². The molecule has 1 heterocycles. The van der Waals surface area contributed by atoms with E-state index < -0.39 is 0 Å². The van der Waals surface area contributed by atoms with E-state index in [0.717, 1.165) is 24.5 Å². The Labute approximate surface area is 97.3 Å². The van der Waals surface area contributed by atoms with Gasteiger partial charge in [0.15, 0.2) is 0 Å². The Morgan fingerprint density at radius 2 is 2.20 bits per heavy atom. The SMILES string of the molecule is CCCCN(CC)c1cc(CCl)ccn1. The summed E-state index contributed by atoms with van der Waals surface area (Å²) in [5, 5.41) is 0. The summed E-state index contributed by atoms with van der Waals surface area (Å²) >= 11 is 5.80. The maximum Gasteiger partial charge on any atom is 0.128 e. The van der Waals surface area contributed by atoms with Gasteiger partial charge in [0, 0.05) is 25.2 Å². The third-order valence-electron chi connectivity index (χ3n) is 2.45. The first-order valence-electron chi connectivity index (χ1n) is 5.57. The predicted octanol–water partition coefficient (Wildman–Crippen LogP) is 3.45. The molecule has 0 spiro atoms. The molecule has 1 aromatic rings. The molecule has 1 rings (SSSR count). The molecule has 0 bridgehead atoms. The van der Waals surface area contributed by atoms with Gasteiger partial charge in [-0.2, -0.15) is 0 Å². The van der Waals surface area contributed by atoms with Crippen molar-refractivity contribution in [3.05, 3.63) is 23.9 Å². The zero-order valence-electron chi connectivity index (χ0n) is 9.54. The minimum absolute atomic E-state index is 0.556. The van der Waals surface area contributed by atoms with Gasteiger partial charge in [-0.1, -0.05) is 13.3 Å². The van der Waals surface area contributed by atoms with Gasteiger partial charge in [0.05, 0.1) is 0 Å². The Balaban J connectivity index is 2.72. The van der Waals surface area contributed by atoms with Gasteiger partial charge in [-0.15, -0.1) is 11.6 Å². The van der Waals surface area contributed by atoms with Gasteiger partial charge in [-0.05, 0) is 31.0 Å². The lowest BCUT2D eigenvalue weighted by Crippen LogP contribution is -2.24. The molecule has 3 heteroatoms. The maximum absolute atomic E-state index is 5.80. The summed E-state index contributed by atoms with van der Waals surface area (Å²) in [6.45, 7) is 6.44.